The third kappa shape index (κ3) is 4.27. The Morgan fingerprint density at radius 2 is 2.14 bits per heavy atom. The van der Waals surface area contributed by atoms with E-state index in [-0.39, 0.29) is 19.1 Å². The fraction of sp³-hybridized carbons (Fsp3) is 0.467. The Kier molecular flexibility index (Phi) is 5.30. The standard InChI is InChI=1S/C15H21N3O3/c16-15(21)12-3-1-2-4-13(12)17-14(20)10-18-7-5-11(9-18)6-8-19/h1-4,11,19H,5-10H2,(H2,16,21)(H,17,20). The average Bonchev–Trinajstić information content (AvgIpc) is 2.86. The Balaban J connectivity index is 1.90. The van der Waals surface area contributed by atoms with Crippen molar-refractivity contribution in [3.63, 3.8) is 0 Å². The van der Waals surface area contributed by atoms with Gasteiger partial charge in [-0.25, -0.2) is 0 Å². The number of hydrogen-bond acceptors (Lipinski definition) is 4. The highest BCUT2D eigenvalue weighted by Gasteiger charge is 2.23. The molecule has 2 amide bonds. The largest absolute Gasteiger partial charge is 0.396 e. The summed E-state index contributed by atoms with van der Waals surface area (Å²) in [6.45, 7) is 2.16. The zero-order valence-corrected chi connectivity index (χ0v) is 11.9. The van der Waals surface area contributed by atoms with Crippen molar-refractivity contribution in [2.24, 2.45) is 11.7 Å². The summed E-state index contributed by atoms with van der Waals surface area (Å²) < 4.78 is 0. The molecule has 1 aliphatic heterocycles. The van der Waals surface area contributed by atoms with Crippen LogP contribution in [-0.2, 0) is 4.79 Å². The van der Waals surface area contributed by atoms with Crippen LogP contribution in [0.4, 0.5) is 5.69 Å². The lowest BCUT2D eigenvalue weighted by Crippen LogP contribution is -2.32. The monoisotopic (exact) mass is 291 g/mol. The van der Waals surface area contributed by atoms with Crippen LogP contribution in [0.15, 0.2) is 24.3 Å². The number of nitrogens with one attached hydrogen (secondary N) is 1. The highest BCUT2D eigenvalue weighted by Crippen LogP contribution is 2.19. The van der Waals surface area contributed by atoms with Crippen molar-refractivity contribution in [1.82, 2.24) is 4.90 Å². The van der Waals surface area contributed by atoms with Crippen molar-refractivity contribution in [3.8, 4) is 0 Å². The number of likely N-dealkylation sites (tertiary alicyclic amines) is 1. The first-order valence-electron chi connectivity index (χ1n) is 7.12. The molecule has 1 aliphatic rings. The molecule has 6 heteroatoms. The normalized spacial score (nSPS) is 18.6. The number of amides is 2. The van der Waals surface area contributed by atoms with Crippen LogP contribution in [0.2, 0.25) is 0 Å². The van der Waals surface area contributed by atoms with E-state index in [4.69, 9.17) is 10.8 Å². The number of nitrogens with zero attached hydrogens (tertiary/aromatic N) is 1. The van der Waals surface area contributed by atoms with Crippen LogP contribution in [0.3, 0.4) is 0 Å². The van der Waals surface area contributed by atoms with Crippen LogP contribution >= 0.6 is 0 Å². The van der Waals surface area contributed by atoms with E-state index in [0.717, 1.165) is 25.9 Å². The van der Waals surface area contributed by atoms with E-state index in [1.807, 2.05) is 0 Å². The summed E-state index contributed by atoms with van der Waals surface area (Å²) in [5.41, 5.74) is 6.04. The van der Waals surface area contributed by atoms with E-state index in [9.17, 15) is 9.59 Å². The van der Waals surface area contributed by atoms with Crippen LogP contribution in [0.25, 0.3) is 0 Å². The molecule has 1 aromatic carbocycles. The minimum atomic E-state index is -0.560. The predicted molar refractivity (Wildman–Crippen MR) is 79.8 cm³/mol. The maximum Gasteiger partial charge on any atom is 0.250 e. The molecule has 0 aromatic heterocycles. The topological polar surface area (TPSA) is 95.7 Å². The van der Waals surface area contributed by atoms with Gasteiger partial charge in [0.25, 0.3) is 5.91 Å². The quantitative estimate of drug-likeness (QED) is 0.708. The second-order valence-corrected chi connectivity index (χ2v) is 5.36. The Bertz CT molecular complexity index is 519. The highest BCUT2D eigenvalue weighted by molar-refractivity contribution is 6.03. The van der Waals surface area contributed by atoms with Crippen molar-refractivity contribution in [3.05, 3.63) is 29.8 Å². The van der Waals surface area contributed by atoms with Crippen molar-refractivity contribution < 1.29 is 14.7 Å². The lowest BCUT2D eigenvalue weighted by Gasteiger charge is -2.16. The van der Waals surface area contributed by atoms with Crippen molar-refractivity contribution >= 4 is 17.5 Å². The molecule has 0 saturated carbocycles. The number of carbonyl (C=O) groups excluding carboxylic acids is 2. The van der Waals surface area contributed by atoms with Gasteiger partial charge in [0.2, 0.25) is 5.91 Å². The summed E-state index contributed by atoms with van der Waals surface area (Å²) in [5, 5.41) is 11.7. The van der Waals surface area contributed by atoms with E-state index in [0.29, 0.717) is 17.2 Å². The van der Waals surface area contributed by atoms with Crippen LogP contribution in [0.1, 0.15) is 23.2 Å². The van der Waals surface area contributed by atoms with Gasteiger partial charge in [0.15, 0.2) is 0 Å². The highest BCUT2D eigenvalue weighted by atomic mass is 16.3. The fourth-order valence-corrected chi connectivity index (χ4v) is 2.67. The lowest BCUT2D eigenvalue weighted by molar-refractivity contribution is -0.117. The van der Waals surface area contributed by atoms with Gasteiger partial charge >= 0.3 is 0 Å². The Labute approximate surface area is 123 Å². The molecule has 1 heterocycles. The minimum Gasteiger partial charge on any atom is -0.396 e. The van der Waals surface area contributed by atoms with Crippen molar-refractivity contribution in [2.75, 3.05) is 31.6 Å². The summed E-state index contributed by atoms with van der Waals surface area (Å²) in [7, 11) is 0. The van der Waals surface area contributed by atoms with Gasteiger partial charge in [-0.1, -0.05) is 12.1 Å². The second kappa shape index (κ2) is 7.19. The molecule has 1 aromatic rings. The first-order chi connectivity index (χ1) is 10.1. The van der Waals surface area contributed by atoms with E-state index in [1.165, 1.54) is 0 Å². The molecule has 1 saturated heterocycles. The molecular weight excluding hydrogens is 270 g/mol. The Hall–Kier alpha value is -1.92. The van der Waals surface area contributed by atoms with Crippen molar-refractivity contribution in [1.29, 1.82) is 0 Å². The lowest BCUT2D eigenvalue weighted by atomic mass is 10.1. The number of rotatable bonds is 6. The maximum atomic E-state index is 12.1. The number of primary amides is 1. The van der Waals surface area contributed by atoms with Crippen LogP contribution < -0.4 is 11.1 Å². The maximum absolute atomic E-state index is 12.1. The van der Waals surface area contributed by atoms with Crippen LogP contribution in [0.5, 0.6) is 0 Å². The molecular formula is C15H21N3O3. The van der Waals surface area contributed by atoms with E-state index < -0.39 is 5.91 Å². The molecule has 0 bridgehead atoms. The number of hydrogen-bond donors (Lipinski definition) is 3. The summed E-state index contributed by atoms with van der Waals surface area (Å²) in [6, 6.07) is 6.70. The molecule has 6 nitrogen and oxygen atoms in total. The van der Waals surface area contributed by atoms with Gasteiger partial charge in [-0.05, 0) is 37.4 Å². The molecule has 2 rings (SSSR count). The molecule has 1 fully saturated rings. The number of carbonyl (C=O) groups is 2. The Morgan fingerprint density at radius 1 is 1.38 bits per heavy atom. The summed E-state index contributed by atoms with van der Waals surface area (Å²) in [6.07, 6.45) is 1.79. The third-order valence-electron chi connectivity index (χ3n) is 3.74. The SMILES string of the molecule is NC(=O)c1ccccc1NC(=O)CN1CCC(CCO)C1. The zero-order valence-electron chi connectivity index (χ0n) is 11.9. The van der Waals surface area contributed by atoms with Gasteiger partial charge in [-0.15, -0.1) is 0 Å². The Morgan fingerprint density at radius 3 is 2.86 bits per heavy atom. The number of benzene rings is 1. The molecule has 4 N–H and O–H groups in total. The average molecular weight is 291 g/mol. The van der Waals surface area contributed by atoms with E-state index in [1.54, 1.807) is 24.3 Å². The molecule has 1 unspecified atom stereocenters. The summed E-state index contributed by atoms with van der Waals surface area (Å²) in [4.78, 5) is 25.4. The number of nitrogens with two attached hydrogens (primary N) is 1. The molecule has 0 spiro atoms. The first kappa shape index (κ1) is 15.5. The zero-order chi connectivity index (χ0) is 15.2. The molecule has 0 aliphatic carbocycles. The van der Waals surface area contributed by atoms with Gasteiger partial charge < -0.3 is 16.2 Å². The molecule has 114 valence electrons. The van der Waals surface area contributed by atoms with Gasteiger partial charge in [0.1, 0.15) is 0 Å². The summed E-state index contributed by atoms with van der Waals surface area (Å²) >= 11 is 0. The number of anilines is 1. The molecule has 0 radical (unpaired) electrons. The number of para-hydroxylation sites is 1. The van der Waals surface area contributed by atoms with Gasteiger partial charge in [-0.2, -0.15) is 0 Å². The number of aliphatic hydroxyl groups is 1. The van der Waals surface area contributed by atoms with Gasteiger partial charge in [0, 0.05) is 13.2 Å². The van der Waals surface area contributed by atoms with Crippen LogP contribution in [-0.4, -0.2) is 48.1 Å². The van der Waals surface area contributed by atoms with E-state index >= 15 is 0 Å². The molecule has 21 heavy (non-hydrogen) atoms. The summed E-state index contributed by atoms with van der Waals surface area (Å²) in [5.74, 6) is -0.260. The fourth-order valence-electron chi connectivity index (χ4n) is 2.67. The van der Waals surface area contributed by atoms with Crippen molar-refractivity contribution in [2.45, 2.75) is 12.8 Å². The molecule has 1 atom stereocenters. The van der Waals surface area contributed by atoms with E-state index in [2.05, 4.69) is 10.2 Å². The smallest absolute Gasteiger partial charge is 0.250 e. The predicted octanol–water partition coefficient (Wildman–Crippen LogP) is 0.428. The first-order valence-corrected chi connectivity index (χ1v) is 7.12. The van der Waals surface area contributed by atoms with Gasteiger partial charge in [0.05, 0.1) is 17.8 Å². The number of aliphatic hydroxyl groups excluding tert-OH is 1. The second-order valence-electron chi connectivity index (χ2n) is 5.36. The third-order valence-corrected chi connectivity index (χ3v) is 3.74. The van der Waals surface area contributed by atoms with Gasteiger partial charge in [-0.3, -0.25) is 14.5 Å². The minimum absolute atomic E-state index is 0.159. The van der Waals surface area contributed by atoms with Crippen LogP contribution in [0, 0.1) is 5.92 Å².